The number of benzene rings is 1. The molecule has 13 heavy (non-hydrogen) atoms. The summed E-state index contributed by atoms with van der Waals surface area (Å²) in [6.07, 6.45) is 5.39. The average molecular weight is 240 g/mol. The first kappa shape index (κ1) is 9.99. The quantitative estimate of drug-likeness (QED) is 0.374. The maximum Gasteiger partial charge on any atom is 0.0739 e. The van der Waals surface area contributed by atoms with E-state index in [0.29, 0.717) is 0 Å². The van der Waals surface area contributed by atoms with Gasteiger partial charge in [-0.1, -0.05) is 57.5 Å². The van der Waals surface area contributed by atoms with E-state index in [9.17, 15) is 0 Å². The molecule has 0 saturated carbocycles. The Labute approximate surface area is 85.7 Å². The number of allylic oxidation sites excluding steroid dienone is 1. The Morgan fingerprint density at radius 3 is 2.62 bits per heavy atom. The molecule has 1 aromatic rings. The van der Waals surface area contributed by atoms with Gasteiger partial charge < -0.3 is 5.21 Å². The van der Waals surface area contributed by atoms with Gasteiger partial charge in [0.2, 0.25) is 0 Å². The van der Waals surface area contributed by atoms with Crippen LogP contribution in [-0.4, -0.2) is 16.8 Å². The predicted molar refractivity (Wildman–Crippen MR) is 58.7 cm³/mol. The molecule has 0 radical (unpaired) electrons. The van der Waals surface area contributed by atoms with Crippen molar-refractivity contribution >= 4 is 28.2 Å². The summed E-state index contributed by atoms with van der Waals surface area (Å²) in [6.45, 7) is 0. The number of nitrogens with zero attached hydrogens (tertiary/aromatic N) is 1. The minimum atomic E-state index is 0.817. The van der Waals surface area contributed by atoms with Crippen LogP contribution in [0.3, 0.4) is 0 Å². The summed E-state index contributed by atoms with van der Waals surface area (Å²) in [5.74, 6) is 0. The zero-order chi connectivity index (χ0) is 9.52. The van der Waals surface area contributed by atoms with Gasteiger partial charge in [0, 0.05) is 10.9 Å². The van der Waals surface area contributed by atoms with E-state index in [1.54, 1.807) is 0 Å². The van der Waals surface area contributed by atoms with E-state index in [1.807, 2.05) is 36.4 Å². The van der Waals surface area contributed by atoms with Gasteiger partial charge in [-0.15, -0.1) is 0 Å². The largest absolute Gasteiger partial charge is 0.411 e. The van der Waals surface area contributed by atoms with Crippen LogP contribution in [0.4, 0.5) is 0 Å². The third kappa shape index (κ3) is 3.03. The molecule has 68 valence electrons. The van der Waals surface area contributed by atoms with Gasteiger partial charge in [-0.2, -0.15) is 0 Å². The van der Waals surface area contributed by atoms with Crippen molar-refractivity contribution in [2.24, 2.45) is 5.16 Å². The smallest absolute Gasteiger partial charge is 0.0739 e. The van der Waals surface area contributed by atoms with Gasteiger partial charge in [-0.25, -0.2) is 0 Å². The van der Waals surface area contributed by atoms with E-state index in [1.165, 1.54) is 6.21 Å². The lowest BCUT2D eigenvalue weighted by Crippen LogP contribution is -1.85. The molecule has 1 N–H and O–H groups in total. The number of hydrogen-bond donors (Lipinski definition) is 1. The Hall–Kier alpha value is -1.09. The summed E-state index contributed by atoms with van der Waals surface area (Å²) in [5.41, 5.74) is 1.95. The molecule has 0 aliphatic rings. The molecule has 0 amide bonds. The Balaban J connectivity index is 2.97. The first-order valence-electron chi connectivity index (χ1n) is 3.87. The van der Waals surface area contributed by atoms with Gasteiger partial charge in [0.05, 0.1) is 6.21 Å². The maximum absolute atomic E-state index is 8.41. The number of oxime groups is 1. The first-order chi connectivity index (χ1) is 6.38. The van der Waals surface area contributed by atoms with Crippen molar-refractivity contribution in [1.29, 1.82) is 0 Å². The molecule has 1 aromatic carbocycles. The van der Waals surface area contributed by atoms with E-state index in [-0.39, 0.29) is 0 Å². The summed E-state index contributed by atoms with van der Waals surface area (Å²) in [5, 5.41) is 12.2. The lowest BCUT2D eigenvalue weighted by Gasteiger charge is -1.97. The van der Waals surface area contributed by atoms with Crippen LogP contribution in [0.5, 0.6) is 0 Å². The topological polar surface area (TPSA) is 32.6 Å². The molecule has 0 unspecified atom stereocenters. The van der Waals surface area contributed by atoms with Gasteiger partial charge in [-0.05, 0) is 5.56 Å². The molecule has 0 heterocycles. The van der Waals surface area contributed by atoms with E-state index < -0.39 is 0 Å². The molecule has 2 nitrogen and oxygen atoms in total. The fraction of sp³-hybridized carbons (Fsp3) is 0.100. The van der Waals surface area contributed by atoms with Gasteiger partial charge in [0.15, 0.2) is 0 Å². The third-order valence-corrected chi connectivity index (χ3v) is 1.95. The molecule has 1 rings (SSSR count). The molecular weight excluding hydrogens is 230 g/mol. The van der Waals surface area contributed by atoms with Crippen LogP contribution < -0.4 is 0 Å². The summed E-state index contributed by atoms with van der Waals surface area (Å²) in [4.78, 5) is 0. The Morgan fingerprint density at radius 1 is 1.31 bits per heavy atom. The van der Waals surface area contributed by atoms with Crippen molar-refractivity contribution in [1.82, 2.24) is 0 Å². The number of rotatable bonds is 3. The van der Waals surface area contributed by atoms with Crippen molar-refractivity contribution < 1.29 is 5.21 Å². The van der Waals surface area contributed by atoms with Crippen LogP contribution in [-0.2, 0) is 0 Å². The van der Waals surface area contributed by atoms with Gasteiger partial charge in [0.1, 0.15) is 0 Å². The Bertz CT molecular complexity index is 320. The SMILES string of the molecule is ON=Cc1ccccc1C=CCBr. The summed E-state index contributed by atoms with van der Waals surface area (Å²) >= 11 is 3.30. The number of alkyl halides is 1. The summed E-state index contributed by atoms with van der Waals surface area (Å²) in [6, 6.07) is 7.72. The zero-order valence-corrected chi connectivity index (χ0v) is 8.61. The van der Waals surface area contributed by atoms with Crippen LogP contribution in [0.25, 0.3) is 6.08 Å². The minimum Gasteiger partial charge on any atom is -0.411 e. The van der Waals surface area contributed by atoms with Crippen LogP contribution >= 0.6 is 15.9 Å². The van der Waals surface area contributed by atoms with E-state index >= 15 is 0 Å². The van der Waals surface area contributed by atoms with E-state index in [0.717, 1.165) is 16.5 Å². The molecule has 0 atom stereocenters. The minimum absolute atomic E-state index is 0.817. The van der Waals surface area contributed by atoms with E-state index in [2.05, 4.69) is 21.1 Å². The number of hydrogen-bond acceptors (Lipinski definition) is 2. The fourth-order valence-corrected chi connectivity index (χ4v) is 1.20. The van der Waals surface area contributed by atoms with Crippen LogP contribution in [0.15, 0.2) is 35.5 Å². The average Bonchev–Trinajstić information content (AvgIpc) is 2.17. The second-order valence-corrected chi connectivity index (χ2v) is 3.08. The molecule has 0 aromatic heterocycles. The van der Waals surface area contributed by atoms with Crippen LogP contribution in [0.1, 0.15) is 11.1 Å². The predicted octanol–water partition coefficient (Wildman–Crippen LogP) is 2.90. The maximum atomic E-state index is 8.41. The molecule has 0 spiro atoms. The second-order valence-electron chi connectivity index (χ2n) is 2.43. The molecule has 0 saturated heterocycles. The van der Waals surface area contributed by atoms with Crippen molar-refractivity contribution in [3.8, 4) is 0 Å². The molecular formula is C10H10BrNO. The molecule has 0 aliphatic heterocycles. The lowest BCUT2D eigenvalue weighted by molar-refractivity contribution is 0.322. The monoisotopic (exact) mass is 239 g/mol. The molecule has 0 fully saturated rings. The standard InChI is InChI=1S/C10H10BrNO/c11-7-3-6-9-4-1-2-5-10(9)8-12-13/h1-6,8,13H,7H2. The highest BCUT2D eigenvalue weighted by Crippen LogP contribution is 2.08. The van der Waals surface area contributed by atoms with Crippen molar-refractivity contribution in [2.75, 3.05) is 5.33 Å². The highest BCUT2D eigenvalue weighted by Gasteiger charge is 1.93. The van der Waals surface area contributed by atoms with E-state index in [4.69, 9.17) is 5.21 Å². The molecule has 0 bridgehead atoms. The van der Waals surface area contributed by atoms with Crippen LogP contribution in [0, 0.1) is 0 Å². The third-order valence-electron chi connectivity index (χ3n) is 1.58. The van der Waals surface area contributed by atoms with Crippen LogP contribution in [0.2, 0.25) is 0 Å². The zero-order valence-electron chi connectivity index (χ0n) is 7.02. The molecule has 3 heteroatoms. The number of halogens is 1. The summed E-state index contributed by atoms with van der Waals surface area (Å²) in [7, 11) is 0. The highest BCUT2D eigenvalue weighted by molar-refractivity contribution is 9.09. The summed E-state index contributed by atoms with van der Waals surface area (Å²) < 4.78 is 0. The van der Waals surface area contributed by atoms with Gasteiger partial charge >= 0.3 is 0 Å². The lowest BCUT2D eigenvalue weighted by atomic mass is 10.1. The van der Waals surface area contributed by atoms with Crippen molar-refractivity contribution in [2.45, 2.75) is 0 Å². The molecule has 0 aliphatic carbocycles. The Kier molecular flexibility index (Phi) is 4.26. The fourth-order valence-electron chi connectivity index (χ4n) is 1.01. The normalized spacial score (nSPS) is 11.5. The highest BCUT2D eigenvalue weighted by atomic mass is 79.9. The van der Waals surface area contributed by atoms with Crippen molar-refractivity contribution in [3.63, 3.8) is 0 Å². The van der Waals surface area contributed by atoms with Gasteiger partial charge in [-0.3, -0.25) is 0 Å². The Morgan fingerprint density at radius 2 is 2.00 bits per heavy atom. The second kappa shape index (κ2) is 5.54. The first-order valence-corrected chi connectivity index (χ1v) is 4.99. The van der Waals surface area contributed by atoms with Gasteiger partial charge in [0.25, 0.3) is 0 Å². The van der Waals surface area contributed by atoms with Crippen molar-refractivity contribution in [3.05, 3.63) is 41.5 Å².